The lowest BCUT2D eigenvalue weighted by Crippen LogP contribution is -2.52. The molecular weight excluding hydrogens is 273 g/mol. The molecule has 0 aromatic carbocycles. The maximum atomic E-state index is 12.3. The molecule has 118 valence electrons. The van der Waals surface area contributed by atoms with E-state index in [-0.39, 0.29) is 24.4 Å². The zero-order chi connectivity index (χ0) is 15.3. The summed E-state index contributed by atoms with van der Waals surface area (Å²) in [7, 11) is 0. The Kier molecular flexibility index (Phi) is 6.26. The molecule has 2 unspecified atom stereocenters. The number of carbonyl (C=O) groups is 1. The Morgan fingerprint density at radius 2 is 2.05 bits per heavy atom. The van der Waals surface area contributed by atoms with Crippen LogP contribution in [-0.2, 0) is 4.79 Å². The molecule has 0 spiro atoms. The topological polar surface area (TPSA) is 52.6 Å². The van der Waals surface area contributed by atoms with Crippen LogP contribution in [0.3, 0.4) is 0 Å². The zero-order valence-electron chi connectivity index (χ0n) is 11.9. The molecule has 1 saturated heterocycles. The van der Waals surface area contributed by atoms with E-state index >= 15 is 0 Å². The number of halogens is 3. The average Bonchev–Trinajstić information content (AvgIpc) is 2.33. The van der Waals surface area contributed by atoms with Crippen LogP contribution in [-0.4, -0.2) is 53.9 Å². The SMILES string of the molecule is CC(C)N1CC(CCC(=O)O)CC(NCC(F)(F)F)C1. The van der Waals surface area contributed by atoms with E-state index in [1.807, 2.05) is 13.8 Å². The molecule has 1 aliphatic heterocycles. The predicted octanol–water partition coefficient (Wildman–Crippen LogP) is 2.10. The summed E-state index contributed by atoms with van der Waals surface area (Å²) in [6, 6.07) is 0.0179. The number of likely N-dealkylation sites (tertiary alicyclic amines) is 1. The lowest BCUT2D eigenvalue weighted by Gasteiger charge is -2.40. The molecule has 0 aromatic rings. The van der Waals surface area contributed by atoms with Crippen LogP contribution in [0.15, 0.2) is 0 Å². The number of piperidine rings is 1. The Balaban J connectivity index is 2.53. The van der Waals surface area contributed by atoms with Crippen LogP contribution in [0.1, 0.15) is 33.1 Å². The third-order valence-corrected chi connectivity index (χ3v) is 3.65. The third-order valence-electron chi connectivity index (χ3n) is 3.65. The van der Waals surface area contributed by atoms with Crippen molar-refractivity contribution in [3.63, 3.8) is 0 Å². The first kappa shape index (κ1) is 17.2. The minimum atomic E-state index is -4.21. The molecule has 2 N–H and O–H groups in total. The number of rotatable bonds is 6. The van der Waals surface area contributed by atoms with Gasteiger partial charge in [-0.2, -0.15) is 13.2 Å². The number of carboxylic acid groups (broad SMARTS) is 1. The zero-order valence-corrected chi connectivity index (χ0v) is 11.9. The van der Waals surface area contributed by atoms with E-state index in [2.05, 4.69) is 10.2 Å². The highest BCUT2D eigenvalue weighted by Crippen LogP contribution is 2.24. The Hall–Kier alpha value is -0.820. The van der Waals surface area contributed by atoms with Gasteiger partial charge in [0.1, 0.15) is 0 Å². The summed E-state index contributed by atoms with van der Waals surface area (Å²) in [6.45, 7) is 4.35. The maximum Gasteiger partial charge on any atom is 0.401 e. The molecule has 0 aliphatic carbocycles. The first-order valence-corrected chi connectivity index (χ1v) is 6.93. The van der Waals surface area contributed by atoms with E-state index in [0.29, 0.717) is 19.4 Å². The molecule has 0 amide bonds. The van der Waals surface area contributed by atoms with E-state index in [9.17, 15) is 18.0 Å². The third kappa shape index (κ3) is 6.56. The summed E-state index contributed by atoms with van der Waals surface area (Å²) in [5, 5.41) is 11.3. The second kappa shape index (κ2) is 7.26. The van der Waals surface area contributed by atoms with Crippen LogP contribution in [0.2, 0.25) is 0 Å². The van der Waals surface area contributed by atoms with Gasteiger partial charge in [-0.25, -0.2) is 0 Å². The second-order valence-corrected chi connectivity index (χ2v) is 5.77. The smallest absolute Gasteiger partial charge is 0.401 e. The van der Waals surface area contributed by atoms with Gasteiger partial charge in [0.05, 0.1) is 6.54 Å². The minimum absolute atomic E-state index is 0.0720. The highest BCUT2D eigenvalue weighted by Gasteiger charge is 2.32. The van der Waals surface area contributed by atoms with E-state index in [1.165, 1.54) is 0 Å². The molecule has 0 aromatic heterocycles. The van der Waals surface area contributed by atoms with Crippen LogP contribution >= 0.6 is 0 Å². The first-order chi connectivity index (χ1) is 9.17. The van der Waals surface area contributed by atoms with Crippen LogP contribution in [0.4, 0.5) is 13.2 Å². The fourth-order valence-electron chi connectivity index (χ4n) is 2.61. The maximum absolute atomic E-state index is 12.3. The molecular formula is C13H23F3N2O2. The molecule has 7 heteroatoms. The predicted molar refractivity (Wildman–Crippen MR) is 69.5 cm³/mol. The summed E-state index contributed by atoms with van der Waals surface area (Å²) in [6.07, 6.45) is -3.02. The highest BCUT2D eigenvalue weighted by molar-refractivity contribution is 5.66. The fourth-order valence-corrected chi connectivity index (χ4v) is 2.61. The Morgan fingerprint density at radius 3 is 2.55 bits per heavy atom. The largest absolute Gasteiger partial charge is 0.481 e. The molecule has 1 rings (SSSR count). The van der Waals surface area contributed by atoms with Gasteiger partial charge in [0, 0.05) is 31.6 Å². The van der Waals surface area contributed by atoms with Crippen molar-refractivity contribution < 1.29 is 23.1 Å². The van der Waals surface area contributed by atoms with E-state index in [4.69, 9.17) is 5.11 Å². The number of nitrogens with one attached hydrogen (secondary N) is 1. The summed E-state index contributed by atoms with van der Waals surface area (Å²) in [5.41, 5.74) is 0. The Labute approximate surface area is 117 Å². The van der Waals surface area contributed by atoms with Gasteiger partial charge in [-0.05, 0) is 32.6 Å². The van der Waals surface area contributed by atoms with Crippen LogP contribution in [0.5, 0.6) is 0 Å². The molecule has 2 atom stereocenters. The lowest BCUT2D eigenvalue weighted by atomic mass is 9.89. The summed E-state index contributed by atoms with van der Waals surface area (Å²) >= 11 is 0. The molecule has 4 nitrogen and oxygen atoms in total. The number of carboxylic acids is 1. The quantitative estimate of drug-likeness (QED) is 0.788. The molecule has 0 saturated carbocycles. The van der Waals surface area contributed by atoms with Crippen molar-refractivity contribution in [2.45, 2.75) is 51.4 Å². The second-order valence-electron chi connectivity index (χ2n) is 5.77. The van der Waals surface area contributed by atoms with Gasteiger partial charge in [0.25, 0.3) is 0 Å². The Morgan fingerprint density at radius 1 is 1.40 bits per heavy atom. The molecule has 0 radical (unpaired) electrons. The summed E-state index contributed by atoms with van der Waals surface area (Å²) in [5.74, 6) is -0.723. The van der Waals surface area contributed by atoms with E-state index in [1.54, 1.807) is 0 Å². The number of aliphatic carboxylic acids is 1. The molecule has 0 bridgehead atoms. The number of hydrogen-bond donors (Lipinski definition) is 2. The normalized spacial score (nSPS) is 25.1. The number of nitrogens with zero attached hydrogens (tertiary/aromatic N) is 1. The number of alkyl halides is 3. The standard InChI is InChI=1S/C13H23F3N2O2/c1-9(2)18-6-10(3-4-12(19)20)5-11(7-18)17-8-13(14,15)16/h9-11,17H,3-8H2,1-2H3,(H,19,20). The summed E-state index contributed by atoms with van der Waals surface area (Å²) < 4.78 is 36.8. The average molecular weight is 296 g/mol. The minimum Gasteiger partial charge on any atom is -0.481 e. The van der Waals surface area contributed by atoms with Gasteiger partial charge in [0.2, 0.25) is 0 Å². The lowest BCUT2D eigenvalue weighted by molar-refractivity contribution is -0.137. The van der Waals surface area contributed by atoms with Crippen molar-refractivity contribution in [2.24, 2.45) is 5.92 Å². The van der Waals surface area contributed by atoms with Crippen molar-refractivity contribution in [2.75, 3.05) is 19.6 Å². The highest BCUT2D eigenvalue weighted by atomic mass is 19.4. The summed E-state index contributed by atoms with van der Waals surface area (Å²) in [4.78, 5) is 12.7. The van der Waals surface area contributed by atoms with E-state index < -0.39 is 18.7 Å². The van der Waals surface area contributed by atoms with Gasteiger partial charge in [-0.1, -0.05) is 0 Å². The van der Waals surface area contributed by atoms with Crippen LogP contribution < -0.4 is 5.32 Å². The Bertz CT molecular complexity index is 321. The van der Waals surface area contributed by atoms with Crippen molar-refractivity contribution in [3.05, 3.63) is 0 Å². The van der Waals surface area contributed by atoms with Crippen molar-refractivity contribution in [1.82, 2.24) is 10.2 Å². The van der Waals surface area contributed by atoms with Gasteiger partial charge >= 0.3 is 12.1 Å². The van der Waals surface area contributed by atoms with Gasteiger partial charge < -0.3 is 10.4 Å². The van der Waals surface area contributed by atoms with Crippen LogP contribution in [0.25, 0.3) is 0 Å². The first-order valence-electron chi connectivity index (χ1n) is 6.93. The molecule has 20 heavy (non-hydrogen) atoms. The van der Waals surface area contributed by atoms with Crippen molar-refractivity contribution in [1.29, 1.82) is 0 Å². The number of hydrogen-bond acceptors (Lipinski definition) is 3. The molecule has 1 fully saturated rings. The van der Waals surface area contributed by atoms with E-state index in [0.717, 1.165) is 6.54 Å². The van der Waals surface area contributed by atoms with Gasteiger partial charge in [-0.15, -0.1) is 0 Å². The van der Waals surface area contributed by atoms with Crippen LogP contribution in [0, 0.1) is 5.92 Å². The van der Waals surface area contributed by atoms with Gasteiger partial charge in [-0.3, -0.25) is 9.69 Å². The molecule has 1 aliphatic rings. The van der Waals surface area contributed by atoms with Gasteiger partial charge in [0.15, 0.2) is 0 Å². The molecule has 1 heterocycles. The monoisotopic (exact) mass is 296 g/mol. The fraction of sp³-hybridized carbons (Fsp3) is 0.923. The van der Waals surface area contributed by atoms with Crippen molar-refractivity contribution in [3.8, 4) is 0 Å². The van der Waals surface area contributed by atoms with Crippen molar-refractivity contribution >= 4 is 5.97 Å².